The van der Waals surface area contributed by atoms with E-state index in [2.05, 4.69) is 5.32 Å². The first-order valence-electron chi connectivity index (χ1n) is 6.66. The summed E-state index contributed by atoms with van der Waals surface area (Å²) in [6.07, 6.45) is -4.67. The molecule has 2 heterocycles. The van der Waals surface area contributed by atoms with Crippen LogP contribution >= 0.6 is 0 Å². The Morgan fingerprint density at radius 3 is 2.37 bits per heavy atom. The smallest absolute Gasteiger partial charge is 0.383 e. The number of nitrogens with zero attached hydrogens (tertiary/aromatic N) is 1. The minimum atomic E-state index is -4.57. The molecular weight excluding hydrogens is 261 g/mol. The van der Waals surface area contributed by atoms with Gasteiger partial charge in [0.05, 0.1) is 6.04 Å². The summed E-state index contributed by atoms with van der Waals surface area (Å²) in [4.78, 5) is 13.7. The molecule has 0 bridgehead atoms. The maximum absolute atomic E-state index is 12.4. The normalized spacial score (nSPS) is 27.6. The molecule has 2 saturated heterocycles. The number of hydrogen-bond donors (Lipinski definition) is 2. The fourth-order valence-electron chi connectivity index (χ4n) is 2.82. The van der Waals surface area contributed by atoms with Gasteiger partial charge in [-0.15, -0.1) is 0 Å². The van der Waals surface area contributed by atoms with Gasteiger partial charge < -0.3 is 15.3 Å². The Balaban J connectivity index is 1.83. The van der Waals surface area contributed by atoms with Crippen molar-refractivity contribution in [2.75, 3.05) is 19.6 Å². The highest BCUT2D eigenvalue weighted by atomic mass is 19.4. The van der Waals surface area contributed by atoms with Crippen molar-refractivity contribution in [3.05, 3.63) is 0 Å². The number of carbonyl (C=O) groups excluding carboxylic acids is 1. The van der Waals surface area contributed by atoms with Crippen LogP contribution in [0.3, 0.4) is 0 Å². The molecule has 0 saturated carbocycles. The Labute approximate surface area is 110 Å². The third kappa shape index (κ3) is 3.39. The van der Waals surface area contributed by atoms with E-state index in [-0.39, 0.29) is 24.8 Å². The van der Waals surface area contributed by atoms with Crippen LogP contribution in [-0.4, -0.2) is 53.9 Å². The molecule has 2 aliphatic heterocycles. The van der Waals surface area contributed by atoms with Crippen LogP contribution in [0.5, 0.6) is 0 Å². The van der Waals surface area contributed by atoms with Gasteiger partial charge >= 0.3 is 6.18 Å². The van der Waals surface area contributed by atoms with Crippen LogP contribution in [0.1, 0.15) is 25.7 Å². The SMILES string of the molecule is O=C([C@H]1CCCN1)N1CCC([C@@H](O)C(F)(F)F)CC1. The fourth-order valence-corrected chi connectivity index (χ4v) is 2.82. The van der Waals surface area contributed by atoms with E-state index in [1.165, 1.54) is 0 Å². The van der Waals surface area contributed by atoms with Gasteiger partial charge in [0.25, 0.3) is 0 Å². The summed E-state index contributed by atoms with van der Waals surface area (Å²) >= 11 is 0. The largest absolute Gasteiger partial charge is 0.414 e. The van der Waals surface area contributed by atoms with E-state index in [0.29, 0.717) is 13.1 Å². The van der Waals surface area contributed by atoms with Gasteiger partial charge in [0.1, 0.15) is 0 Å². The molecule has 2 fully saturated rings. The Hall–Kier alpha value is -0.820. The topological polar surface area (TPSA) is 52.6 Å². The number of alkyl halides is 3. The number of piperidine rings is 1. The van der Waals surface area contributed by atoms with Crippen molar-refractivity contribution in [1.82, 2.24) is 10.2 Å². The van der Waals surface area contributed by atoms with Crippen LogP contribution in [0.2, 0.25) is 0 Å². The highest BCUT2D eigenvalue weighted by Crippen LogP contribution is 2.31. The first kappa shape index (κ1) is 14.6. The number of carbonyl (C=O) groups is 1. The zero-order chi connectivity index (χ0) is 14.0. The first-order valence-corrected chi connectivity index (χ1v) is 6.66. The monoisotopic (exact) mass is 280 g/mol. The molecular formula is C12H19F3N2O2. The third-order valence-electron chi connectivity index (χ3n) is 3.99. The van der Waals surface area contributed by atoms with Gasteiger partial charge in [0, 0.05) is 13.1 Å². The summed E-state index contributed by atoms with van der Waals surface area (Å²) < 4.78 is 37.2. The number of rotatable bonds is 2. The van der Waals surface area contributed by atoms with Crippen LogP contribution < -0.4 is 5.32 Å². The molecule has 2 aliphatic rings. The molecule has 1 amide bonds. The summed E-state index contributed by atoms with van der Waals surface area (Å²) in [6, 6.07) is -0.177. The molecule has 19 heavy (non-hydrogen) atoms. The number of amides is 1. The zero-order valence-electron chi connectivity index (χ0n) is 10.6. The highest BCUT2D eigenvalue weighted by molar-refractivity contribution is 5.82. The van der Waals surface area contributed by atoms with E-state index in [1.807, 2.05) is 0 Å². The molecule has 2 N–H and O–H groups in total. The fraction of sp³-hybridized carbons (Fsp3) is 0.917. The van der Waals surface area contributed by atoms with E-state index >= 15 is 0 Å². The second-order valence-electron chi connectivity index (χ2n) is 5.30. The van der Waals surface area contributed by atoms with Crippen molar-refractivity contribution < 1.29 is 23.1 Å². The van der Waals surface area contributed by atoms with Crippen LogP contribution in [0.4, 0.5) is 13.2 Å². The van der Waals surface area contributed by atoms with E-state index in [0.717, 1.165) is 19.4 Å². The molecule has 0 aromatic carbocycles. The van der Waals surface area contributed by atoms with Crippen molar-refractivity contribution in [1.29, 1.82) is 0 Å². The molecule has 110 valence electrons. The lowest BCUT2D eigenvalue weighted by Crippen LogP contribution is -2.49. The van der Waals surface area contributed by atoms with Gasteiger partial charge in [-0.05, 0) is 38.1 Å². The Morgan fingerprint density at radius 1 is 1.26 bits per heavy atom. The minimum Gasteiger partial charge on any atom is -0.383 e. The summed E-state index contributed by atoms with van der Waals surface area (Å²) in [5.41, 5.74) is 0. The Morgan fingerprint density at radius 2 is 1.89 bits per heavy atom. The maximum Gasteiger partial charge on any atom is 0.414 e. The van der Waals surface area contributed by atoms with Gasteiger partial charge in [0.2, 0.25) is 5.91 Å². The van der Waals surface area contributed by atoms with Crippen LogP contribution in [0.25, 0.3) is 0 Å². The molecule has 0 radical (unpaired) electrons. The van der Waals surface area contributed by atoms with E-state index < -0.39 is 18.2 Å². The molecule has 2 rings (SSSR count). The average molecular weight is 280 g/mol. The number of aliphatic hydroxyl groups excluding tert-OH is 1. The number of likely N-dealkylation sites (tertiary alicyclic amines) is 1. The van der Waals surface area contributed by atoms with Gasteiger partial charge in [-0.2, -0.15) is 13.2 Å². The van der Waals surface area contributed by atoms with Gasteiger partial charge in [-0.1, -0.05) is 0 Å². The summed E-state index contributed by atoms with van der Waals surface area (Å²) in [5, 5.41) is 12.3. The quantitative estimate of drug-likeness (QED) is 0.790. The highest BCUT2D eigenvalue weighted by Gasteiger charge is 2.44. The van der Waals surface area contributed by atoms with E-state index in [4.69, 9.17) is 0 Å². The first-order chi connectivity index (χ1) is 8.89. The lowest BCUT2D eigenvalue weighted by atomic mass is 9.90. The number of nitrogens with one attached hydrogen (secondary N) is 1. The van der Waals surface area contributed by atoms with E-state index in [9.17, 15) is 23.1 Å². The number of aliphatic hydroxyl groups is 1. The Kier molecular flexibility index (Phi) is 4.35. The summed E-state index contributed by atoms with van der Waals surface area (Å²) in [5.74, 6) is -0.807. The molecule has 7 heteroatoms. The number of halogens is 3. The zero-order valence-corrected chi connectivity index (χ0v) is 10.6. The van der Waals surface area contributed by atoms with Gasteiger partial charge in [0.15, 0.2) is 6.10 Å². The number of hydrogen-bond acceptors (Lipinski definition) is 3. The second-order valence-corrected chi connectivity index (χ2v) is 5.30. The third-order valence-corrected chi connectivity index (χ3v) is 3.99. The average Bonchev–Trinajstić information content (AvgIpc) is 2.90. The molecule has 0 aliphatic carbocycles. The molecule has 0 aromatic heterocycles. The predicted molar refractivity (Wildman–Crippen MR) is 62.4 cm³/mol. The van der Waals surface area contributed by atoms with Gasteiger partial charge in [-0.25, -0.2) is 0 Å². The molecule has 2 atom stereocenters. The second kappa shape index (κ2) is 5.66. The van der Waals surface area contributed by atoms with Crippen molar-refractivity contribution in [3.8, 4) is 0 Å². The Bertz CT molecular complexity index is 321. The lowest BCUT2D eigenvalue weighted by molar-refractivity contribution is -0.223. The van der Waals surface area contributed by atoms with E-state index in [1.54, 1.807) is 4.90 Å². The van der Waals surface area contributed by atoms with Crippen LogP contribution in [0, 0.1) is 5.92 Å². The van der Waals surface area contributed by atoms with Crippen molar-refractivity contribution in [2.45, 2.75) is 44.0 Å². The molecule has 4 nitrogen and oxygen atoms in total. The van der Waals surface area contributed by atoms with Crippen molar-refractivity contribution in [3.63, 3.8) is 0 Å². The summed E-state index contributed by atoms with van der Waals surface area (Å²) in [6.45, 7) is 1.42. The van der Waals surface area contributed by atoms with Crippen molar-refractivity contribution in [2.24, 2.45) is 5.92 Å². The van der Waals surface area contributed by atoms with Crippen LogP contribution in [0.15, 0.2) is 0 Å². The van der Waals surface area contributed by atoms with Crippen LogP contribution in [-0.2, 0) is 4.79 Å². The molecule has 0 spiro atoms. The predicted octanol–water partition coefficient (Wildman–Crippen LogP) is 0.900. The maximum atomic E-state index is 12.4. The summed E-state index contributed by atoms with van der Waals surface area (Å²) in [7, 11) is 0. The lowest BCUT2D eigenvalue weighted by Gasteiger charge is -2.35. The minimum absolute atomic E-state index is 0.0163. The molecule has 0 unspecified atom stereocenters. The van der Waals surface area contributed by atoms with Gasteiger partial charge in [-0.3, -0.25) is 4.79 Å². The standard InChI is InChI=1S/C12H19F3N2O2/c13-12(14,15)10(18)8-3-6-17(7-4-8)11(19)9-2-1-5-16-9/h8-10,16,18H,1-7H2/t9-,10-/m1/s1. The van der Waals surface area contributed by atoms with Crippen molar-refractivity contribution >= 4 is 5.91 Å². The molecule has 0 aromatic rings.